The summed E-state index contributed by atoms with van der Waals surface area (Å²) in [5.41, 5.74) is 2.96. The molecule has 0 amide bonds. The van der Waals surface area contributed by atoms with Crippen LogP contribution in [0.25, 0.3) is 10.9 Å². The summed E-state index contributed by atoms with van der Waals surface area (Å²) in [5.74, 6) is 0. The van der Waals surface area contributed by atoms with Crippen LogP contribution >= 0.6 is 15.9 Å². The number of pyridine rings is 1. The van der Waals surface area contributed by atoms with Crippen LogP contribution in [0.2, 0.25) is 0 Å². The van der Waals surface area contributed by atoms with Gasteiger partial charge >= 0.3 is 0 Å². The van der Waals surface area contributed by atoms with Crippen molar-refractivity contribution < 1.29 is 4.90 Å². The highest BCUT2D eigenvalue weighted by Crippen LogP contribution is 2.17. The zero-order chi connectivity index (χ0) is 14.7. The molecular formula is C16H22BrN2O+. The average molecular weight is 338 g/mol. The molecule has 1 heterocycles. The van der Waals surface area contributed by atoms with Crippen molar-refractivity contribution in [2.75, 3.05) is 13.6 Å². The zero-order valence-electron chi connectivity index (χ0n) is 12.3. The molecule has 2 N–H and O–H groups in total. The minimum Gasteiger partial charge on any atom is -0.358 e. The molecule has 0 aliphatic rings. The van der Waals surface area contributed by atoms with E-state index >= 15 is 0 Å². The minimum atomic E-state index is 0.161. The number of benzene rings is 1. The first kappa shape index (κ1) is 15.3. The molecule has 20 heavy (non-hydrogen) atoms. The number of aromatic nitrogens is 1. The molecule has 0 bridgehead atoms. The summed E-state index contributed by atoms with van der Waals surface area (Å²) >= 11 is 3.44. The van der Waals surface area contributed by atoms with Crippen molar-refractivity contribution in [1.29, 1.82) is 0 Å². The first-order valence-corrected chi connectivity index (χ1v) is 7.94. The molecule has 0 fully saturated rings. The van der Waals surface area contributed by atoms with Crippen molar-refractivity contribution in [3.05, 3.63) is 44.2 Å². The summed E-state index contributed by atoms with van der Waals surface area (Å²) in [5, 5.41) is 0.767. The van der Waals surface area contributed by atoms with Crippen LogP contribution in [0.3, 0.4) is 0 Å². The van der Waals surface area contributed by atoms with E-state index in [2.05, 4.69) is 34.9 Å². The van der Waals surface area contributed by atoms with E-state index in [1.165, 1.54) is 17.7 Å². The Hall–Kier alpha value is -1.13. The van der Waals surface area contributed by atoms with E-state index in [0.717, 1.165) is 39.7 Å². The summed E-state index contributed by atoms with van der Waals surface area (Å²) in [7, 11) is 2.15. The van der Waals surface area contributed by atoms with Crippen LogP contribution in [-0.2, 0) is 6.54 Å². The number of halogens is 1. The zero-order valence-corrected chi connectivity index (χ0v) is 13.9. The largest absolute Gasteiger partial charge is 0.358 e. The molecule has 108 valence electrons. The number of fused-ring (bicyclic) bond motifs is 1. The number of quaternary nitrogens is 1. The fourth-order valence-corrected chi connectivity index (χ4v) is 2.87. The van der Waals surface area contributed by atoms with Gasteiger partial charge in [-0.25, -0.2) is 0 Å². The van der Waals surface area contributed by atoms with Gasteiger partial charge in [0.25, 0.3) is 0 Å². The number of aryl methyl sites for hydroxylation is 1. The van der Waals surface area contributed by atoms with Crippen LogP contribution in [0.5, 0.6) is 0 Å². The molecule has 2 rings (SSSR count). The maximum Gasteiger partial charge on any atom is 0.198 e. The van der Waals surface area contributed by atoms with E-state index < -0.39 is 0 Å². The maximum atomic E-state index is 12.7. The van der Waals surface area contributed by atoms with E-state index in [1.54, 1.807) is 0 Å². The highest BCUT2D eigenvalue weighted by molar-refractivity contribution is 9.10. The van der Waals surface area contributed by atoms with E-state index in [9.17, 15) is 4.79 Å². The van der Waals surface area contributed by atoms with Gasteiger partial charge in [-0.1, -0.05) is 29.3 Å². The van der Waals surface area contributed by atoms with Crippen molar-refractivity contribution in [3.8, 4) is 0 Å². The summed E-state index contributed by atoms with van der Waals surface area (Å²) in [6.07, 6.45) is 2.39. The Kier molecular flexibility index (Phi) is 5.00. The first-order valence-electron chi connectivity index (χ1n) is 7.15. The monoisotopic (exact) mass is 337 g/mol. The summed E-state index contributed by atoms with van der Waals surface area (Å²) in [4.78, 5) is 17.4. The quantitative estimate of drug-likeness (QED) is 0.863. The third-order valence-corrected chi connectivity index (χ3v) is 4.20. The van der Waals surface area contributed by atoms with Gasteiger partial charge in [0, 0.05) is 21.1 Å². The van der Waals surface area contributed by atoms with Gasteiger partial charge in [-0.15, -0.1) is 0 Å². The van der Waals surface area contributed by atoms with Gasteiger partial charge in [0.05, 0.1) is 19.2 Å². The van der Waals surface area contributed by atoms with Gasteiger partial charge in [-0.05, 0) is 31.5 Å². The molecule has 1 atom stereocenters. The van der Waals surface area contributed by atoms with E-state index in [-0.39, 0.29) is 5.43 Å². The van der Waals surface area contributed by atoms with Crippen LogP contribution in [0, 0.1) is 6.92 Å². The topological polar surface area (TPSA) is 37.3 Å². The van der Waals surface area contributed by atoms with Crippen molar-refractivity contribution in [2.24, 2.45) is 0 Å². The fraction of sp³-hybridized carbons (Fsp3) is 0.438. The highest BCUT2D eigenvalue weighted by atomic mass is 79.9. The lowest BCUT2D eigenvalue weighted by molar-refractivity contribution is -0.894. The Morgan fingerprint density at radius 3 is 2.80 bits per heavy atom. The molecule has 4 heteroatoms. The predicted molar refractivity (Wildman–Crippen MR) is 87.4 cm³/mol. The first-order chi connectivity index (χ1) is 9.52. The van der Waals surface area contributed by atoms with Gasteiger partial charge in [0.1, 0.15) is 6.54 Å². The molecule has 0 spiro atoms. The van der Waals surface area contributed by atoms with Gasteiger partial charge in [0.2, 0.25) is 0 Å². The summed E-state index contributed by atoms with van der Waals surface area (Å²) in [6.45, 7) is 6.07. The number of unbranched alkanes of at least 4 members (excludes halogenated alkanes) is 1. The molecule has 1 unspecified atom stereocenters. The van der Waals surface area contributed by atoms with Crippen molar-refractivity contribution in [2.45, 2.75) is 33.2 Å². The van der Waals surface area contributed by atoms with Gasteiger partial charge in [-0.2, -0.15) is 0 Å². The number of hydrogen-bond donors (Lipinski definition) is 2. The van der Waals surface area contributed by atoms with E-state index in [0.29, 0.717) is 0 Å². The Labute approximate surface area is 128 Å². The van der Waals surface area contributed by atoms with Gasteiger partial charge < -0.3 is 9.88 Å². The standard InChI is InChI=1S/C16H21BrN2O/c1-4-5-8-19(3)10-14-11(2)18-15-7-6-12(17)9-13(15)16(14)20/h6-7,9H,4-5,8,10H2,1-3H3,(H,18,20)/p+1. The number of aromatic amines is 1. The number of nitrogens with one attached hydrogen (secondary N) is 2. The van der Waals surface area contributed by atoms with Crippen LogP contribution in [0.1, 0.15) is 31.0 Å². The third kappa shape index (κ3) is 3.30. The fourth-order valence-electron chi connectivity index (χ4n) is 2.51. The molecule has 0 saturated heterocycles. The minimum absolute atomic E-state index is 0.161. The lowest BCUT2D eigenvalue weighted by Gasteiger charge is -2.15. The number of hydrogen-bond acceptors (Lipinski definition) is 1. The van der Waals surface area contributed by atoms with Crippen molar-refractivity contribution in [1.82, 2.24) is 4.98 Å². The third-order valence-electron chi connectivity index (χ3n) is 3.71. The summed E-state index contributed by atoms with van der Waals surface area (Å²) in [6, 6.07) is 5.81. The molecule has 2 aromatic rings. The maximum absolute atomic E-state index is 12.7. The lowest BCUT2D eigenvalue weighted by atomic mass is 10.1. The molecule has 0 radical (unpaired) electrons. The number of H-pyrrole nitrogens is 1. The summed E-state index contributed by atoms with van der Waals surface area (Å²) < 4.78 is 0.942. The Bertz CT molecular complexity index is 663. The molecule has 1 aromatic carbocycles. The second kappa shape index (κ2) is 6.55. The SMILES string of the molecule is CCCC[NH+](C)Cc1c(C)[nH]c2ccc(Br)cc2c1=O. The van der Waals surface area contributed by atoms with Gasteiger partial charge in [0.15, 0.2) is 5.43 Å². The molecule has 0 saturated carbocycles. The van der Waals surface area contributed by atoms with Crippen LogP contribution < -0.4 is 10.3 Å². The van der Waals surface area contributed by atoms with Crippen LogP contribution in [-0.4, -0.2) is 18.6 Å². The van der Waals surface area contributed by atoms with E-state index in [1.807, 2.05) is 25.1 Å². The molecular weight excluding hydrogens is 316 g/mol. The lowest BCUT2D eigenvalue weighted by Crippen LogP contribution is -3.07. The Balaban J connectivity index is 2.40. The smallest absolute Gasteiger partial charge is 0.198 e. The van der Waals surface area contributed by atoms with Crippen molar-refractivity contribution >= 4 is 26.8 Å². The molecule has 0 aliphatic heterocycles. The Morgan fingerprint density at radius 1 is 1.35 bits per heavy atom. The predicted octanol–water partition coefficient (Wildman–Crippen LogP) is 2.41. The average Bonchev–Trinajstić information content (AvgIpc) is 2.42. The van der Waals surface area contributed by atoms with Gasteiger partial charge in [-0.3, -0.25) is 4.79 Å². The van der Waals surface area contributed by atoms with E-state index in [4.69, 9.17) is 0 Å². The second-order valence-electron chi connectivity index (χ2n) is 5.49. The molecule has 3 nitrogen and oxygen atoms in total. The second-order valence-corrected chi connectivity index (χ2v) is 6.40. The van der Waals surface area contributed by atoms with Crippen LogP contribution in [0.4, 0.5) is 0 Å². The van der Waals surface area contributed by atoms with Crippen molar-refractivity contribution in [3.63, 3.8) is 0 Å². The normalized spacial score (nSPS) is 12.8. The highest BCUT2D eigenvalue weighted by Gasteiger charge is 2.13. The molecule has 0 aliphatic carbocycles. The molecule has 1 aromatic heterocycles. The van der Waals surface area contributed by atoms with Crippen LogP contribution in [0.15, 0.2) is 27.5 Å². The Morgan fingerprint density at radius 2 is 2.10 bits per heavy atom. The number of rotatable bonds is 5.